The van der Waals surface area contributed by atoms with Gasteiger partial charge in [-0.15, -0.1) is 0 Å². The number of hydrazone groups is 1. The molecule has 0 aromatic heterocycles. The van der Waals surface area contributed by atoms with Crippen LogP contribution < -0.4 is 14.9 Å². The molecule has 0 unspecified atom stereocenters. The van der Waals surface area contributed by atoms with Gasteiger partial charge in [0, 0.05) is 16.7 Å². The number of nitrogens with zero attached hydrogens (tertiary/aromatic N) is 2. The van der Waals surface area contributed by atoms with Crippen LogP contribution in [0.15, 0.2) is 47.6 Å². The predicted molar refractivity (Wildman–Crippen MR) is 96.9 cm³/mol. The molecule has 1 amide bonds. The maximum Gasteiger partial charge on any atom is 0.310 e. The molecule has 0 bridgehead atoms. The number of rotatable bonds is 8. The van der Waals surface area contributed by atoms with Gasteiger partial charge < -0.3 is 9.47 Å². The average molecular weight is 378 g/mol. The van der Waals surface area contributed by atoms with E-state index in [4.69, 9.17) is 21.1 Å². The normalized spacial score (nSPS) is 10.5. The number of nitrogens with one attached hydrogen (secondary N) is 1. The van der Waals surface area contributed by atoms with E-state index in [1.807, 2.05) is 6.92 Å². The summed E-state index contributed by atoms with van der Waals surface area (Å²) in [5, 5.41) is 15.2. The second kappa shape index (κ2) is 9.38. The Morgan fingerprint density at radius 3 is 2.77 bits per heavy atom. The quantitative estimate of drug-likeness (QED) is 0.432. The number of carbonyl (C=O) groups excluding carboxylic acids is 1. The molecule has 0 spiro atoms. The summed E-state index contributed by atoms with van der Waals surface area (Å²) in [5.74, 6) is 0.00977. The molecule has 8 nitrogen and oxygen atoms in total. The lowest BCUT2D eigenvalue weighted by atomic mass is 10.2. The van der Waals surface area contributed by atoms with Gasteiger partial charge in [0.25, 0.3) is 5.91 Å². The minimum absolute atomic E-state index is 0.00472. The Morgan fingerprint density at radius 2 is 2.04 bits per heavy atom. The smallest absolute Gasteiger partial charge is 0.310 e. The summed E-state index contributed by atoms with van der Waals surface area (Å²) < 4.78 is 10.6. The van der Waals surface area contributed by atoms with E-state index < -0.39 is 17.4 Å². The average Bonchev–Trinajstić information content (AvgIpc) is 2.62. The molecular weight excluding hydrogens is 362 g/mol. The lowest BCUT2D eigenvalue weighted by molar-refractivity contribution is -0.385. The van der Waals surface area contributed by atoms with Crippen LogP contribution >= 0.6 is 11.6 Å². The van der Waals surface area contributed by atoms with Gasteiger partial charge in [-0.05, 0) is 31.2 Å². The highest BCUT2D eigenvalue weighted by molar-refractivity contribution is 6.30. The molecule has 9 heteroatoms. The first-order valence-electron chi connectivity index (χ1n) is 7.61. The molecule has 0 heterocycles. The summed E-state index contributed by atoms with van der Waals surface area (Å²) in [6.45, 7) is 1.89. The predicted octanol–water partition coefficient (Wildman–Crippen LogP) is 3.18. The highest BCUT2D eigenvalue weighted by Crippen LogP contribution is 2.25. The molecule has 136 valence electrons. The van der Waals surface area contributed by atoms with E-state index in [9.17, 15) is 14.9 Å². The van der Waals surface area contributed by atoms with Gasteiger partial charge >= 0.3 is 5.69 Å². The Hall–Kier alpha value is -3.13. The summed E-state index contributed by atoms with van der Waals surface area (Å²) in [7, 11) is 0. The molecule has 0 saturated heterocycles. The fourth-order valence-corrected chi connectivity index (χ4v) is 2.17. The first-order chi connectivity index (χ1) is 12.5. The van der Waals surface area contributed by atoms with Crippen LogP contribution in [0.3, 0.4) is 0 Å². The molecule has 0 saturated carbocycles. The lowest BCUT2D eigenvalue weighted by Crippen LogP contribution is -2.24. The molecule has 2 aromatic carbocycles. The fourth-order valence-electron chi connectivity index (χ4n) is 1.99. The maximum absolute atomic E-state index is 11.8. The molecule has 0 fully saturated rings. The number of benzene rings is 2. The number of halogens is 1. The Morgan fingerprint density at radius 1 is 1.27 bits per heavy atom. The van der Waals surface area contributed by atoms with Crippen LogP contribution in [0.25, 0.3) is 0 Å². The van der Waals surface area contributed by atoms with E-state index in [1.165, 1.54) is 24.4 Å². The summed E-state index contributed by atoms with van der Waals surface area (Å²) in [6, 6.07) is 10.8. The van der Waals surface area contributed by atoms with E-state index >= 15 is 0 Å². The number of hydrogen-bond donors (Lipinski definition) is 1. The maximum atomic E-state index is 11.8. The molecule has 0 radical (unpaired) electrons. The first kappa shape index (κ1) is 19.2. The zero-order valence-electron chi connectivity index (χ0n) is 13.8. The van der Waals surface area contributed by atoms with E-state index in [2.05, 4.69) is 10.5 Å². The van der Waals surface area contributed by atoms with Crippen LogP contribution in [0.5, 0.6) is 11.5 Å². The third-order valence-electron chi connectivity index (χ3n) is 3.09. The van der Waals surface area contributed by atoms with Gasteiger partial charge in [0.15, 0.2) is 12.4 Å². The van der Waals surface area contributed by atoms with Crippen molar-refractivity contribution in [1.29, 1.82) is 0 Å². The van der Waals surface area contributed by atoms with Crippen molar-refractivity contribution in [1.82, 2.24) is 5.43 Å². The van der Waals surface area contributed by atoms with E-state index in [1.54, 1.807) is 24.3 Å². The number of carbonyl (C=O) groups is 1. The second-order valence-electron chi connectivity index (χ2n) is 4.92. The molecule has 1 N–H and O–H groups in total. The van der Waals surface area contributed by atoms with Gasteiger partial charge in [0.1, 0.15) is 5.75 Å². The largest absolute Gasteiger partial charge is 0.493 e. The van der Waals surface area contributed by atoms with Crippen LogP contribution in [-0.2, 0) is 4.79 Å². The number of hydrogen-bond acceptors (Lipinski definition) is 6. The molecule has 26 heavy (non-hydrogen) atoms. The van der Waals surface area contributed by atoms with Gasteiger partial charge in [-0.3, -0.25) is 14.9 Å². The van der Waals surface area contributed by atoms with Crippen molar-refractivity contribution in [3.63, 3.8) is 0 Å². The number of nitro benzene ring substituents is 1. The van der Waals surface area contributed by atoms with E-state index in [0.717, 1.165) is 0 Å². The molecule has 2 aromatic rings. The third kappa shape index (κ3) is 5.45. The minimum atomic E-state index is -0.584. The zero-order chi connectivity index (χ0) is 18.9. The SMILES string of the molecule is CCOc1ccc(Cl)cc1/C=N/NC(=O)COc1ccccc1[N+](=O)[O-]. The van der Waals surface area contributed by atoms with Crippen molar-refractivity contribution in [2.45, 2.75) is 6.92 Å². The van der Waals surface area contributed by atoms with Crippen LogP contribution in [0.1, 0.15) is 12.5 Å². The van der Waals surface area contributed by atoms with Gasteiger partial charge in [-0.1, -0.05) is 23.7 Å². The standard InChI is InChI=1S/C17H16ClN3O5/c1-2-25-15-8-7-13(18)9-12(15)10-19-20-17(22)11-26-16-6-4-3-5-14(16)21(23)24/h3-10H,2,11H2,1H3,(H,20,22)/b19-10+. The van der Waals surface area contributed by atoms with Gasteiger partial charge in [0.2, 0.25) is 0 Å². The van der Waals surface area contributed by atoms with Crippen molar-refractivity contribution in [2.75, 3.05) is 13.2 Å². The summed E-state index contributed by atoms with van der Waals surface area (Å²) in [6.07, 6.45) is 1.39. The summed E-state index contributed by atoms with van der Waals surface area (Å²) in [5.41, 5.74) is 2.65. The Bertz CT molecular complexity index is 826. The fraction of sp³-hybridized carbons (Fsp3) is 0.176. The third-order valence-corrected chi connectivity index (χ3v) is 3.32. The van der Waals surface area contributed by atoms with E-state index in [-0.39, 0.29) is 11.4 Å². The summed E-state index contributed by atoms with van der Waals surface area (Å²) in [4.78, 5) is 22.1. The first-order valence-corrected chi connectivity index (χ1v) is 7.99. The topological polar surface area (TPSA) is 103 Å². The zero-order valence-corrected chi connectivity index (χ0v) is 14.6. The molecule has 0 aliphatic rings. The van der Waals surface area contributed by atoms with Crippen LogP contribution in [0, 0.1) is 10.1 Å². The minimum Gasteiger partial charge on any atom is -0.493 e. The monoisotopic (exact) mass is 377 g/mol. The van der Waals surface area contributed by atoms with Crippen molar-refractivity contribution in [3.8, 4) is 11.5 Å². The molecule has 0 atom stereocenters. The number of amides is 1. The van der Waals surface area contributed by atoms with Gasteiger partial charge in [0.05, 0.1) is 17.7 Å². The van der Waals surface area contributed by atoms with Gasteiger partial charge in [-0.25, -0.2) is 5.43 Å². The van der Waals surface area contributed by atoms with Crippen molar-refractivity contribution < 1.29 is 19.2 Å². The van der Waals surface area contributed by atoms with Gasteiger partial charge in [-0.2, -0.15) is 5.10 Å². The van der Waals surface area contributed by atoms with Crippen molar-refractivity contribution in [2.24, 2.45) is 5.10 Å². The summed E-state index contributed by atoms with van der Waals surface area (Å²) >= 11 is 5.94. The Labute approximate surface area is 154 Å². The molecule has 0 aliphatic heterocycles. The second-order valence-corrected chi connectivity index (χ2v) is 5.36. The Balaban J connectivity index is 1.94. The number of para-hydroxylation sites is 2. The highest BCUT2D eigenvalue weighted by atomic mass is 35.5. The molecular formula is C17H16ClN3O5. The molecule has 0 aliphatic carbocycles. The van der Waals surface area contributed by atoms with Crippen LogP contribution in [0.4, 0.5) is 5.69 Å². The number of nitro groups is 1. The van der Waals surface area contributed by atoms with E-state index in [0.29, 0.717) is 22.9 Å². The van der Waals surface area contributed by atoms with Crippen LogP contribution in [-0.4, -0.2) is 30.3 Å². The van der Waals surface area contributed by atoms with Crippen molar-refractivity contribution >= 4 is 29.4 Å². The van der Waals surface area contributed by atoms with Crippen molar-refractivity contribution in [3.05, 3.63) is 63.2 Å². The molecule has 2 rings (SSSR count). The highest BCUT2D eigenvalue weighted by Gasteiger charge is 2.14. The number of ether oxygens (including phenoxy) is 2. The van der Waals surface area contributed by atoms with Crippen LogP contribution in [0.2, 0.25) is 5.02 Å². The lowest BCUT2D eigenvalue weighted by Gasteiger charge is -2.07. The Kier molecular flexibility index (Phi) is 6.92.